The number of aromatic nitrogens is 3. The van der Waals surface area contributed by atoms with Crippen LogP contribution in [-0.4, -0.2) is 57.7 Å². The number of aliphatic hydroxyl groups excluding tert-OH is 1. The summed E-state index contributed by atoms with van der Waals surface area (Å²) in [6, 6.07) is 0. The van der Waals surface area contributed by atoms with Gasteiger partial charge in [0.2, 0.25) is 0 Å². The van der Waals surface area contributed by atoms with Gasteiger partial charge in [-0.3, -0.25) is 4.90 Å². The Hall–Kier alpha value is -0.980. The van der Waals surface area contributed by atoms with E-state index >= 15 is 0 Å². The van der Waals surface area contributed by atoms with E-state index in [0.29, 0.717) is 13.2 Å². The van der Waals surface area contributed by atoms with Crippen LogP contribution in [0.5, 0.6) is 0 Å². The zero-order chi connectivity index (χ0) is 10.5. The van der Waals surface area contributed by atoms with Crippen LogP contribution in [0.15, 0.2) is 6.33 Å². The second-order valence-corrected chi connectivity index (χ2v) is 3.55. The molecule has 6 heteroatoms. The first-order valence-electron chi connectivity index (χ1n) is 5.18. The molecule has 0 atom stereocenters. The summed E-state index contributed by atoms with van der Waals surface area (Å²) in [6.07, 6.45) is 1.77. The van der Waals surface area contributed by atoms with E-state index in [-0.39, 0.29) is 6.61 Å². The van der Waals surface area contributed by atoms with Crippen LogP contribution in [0.3, 0.4) is 0 Å². The van der Waals surface area contributed by atoms with Gasteiger partial charge in [-0.1, -0.05) is 0 Å². The summed E-state index contributed by atoms with van der Waals surface area (Å²) < 4.78 is 7.29. The Labute approximate surface area is 88.5 Å². The molecule has 2 rings (SSSR count). The largest absolute Gasteiger partial charge is 0.394 e. The maximum Gasteiger partial charge on any atom is 0.147 e. The Kier molecular flexibility index (Phi) is 3.65. The average Bonchev–Trinajstić information content (AvgIpc) is 2.71. The van der Waals surface area contributed by atoms with E-state index in [0.717, 1.165) is 32.0 Å². The molecular formula is C9H16N4O2. The molecule has 1 aromatic heterocycles. The van der Waals surface area contributed by atoms with Crippen LogP contribution in [0.25, 0.3) is 0 Å². The van der Waals surface area contributed by atoms with Crippen molar-refractivity contribution in [3.8, 4) is 0 Å². The van der Waals surface area contributed by atoms with E-state index in [1.807, 2.05) is 0 Å². The normalized spacial score (nSPS) is 16.6. The molecule has 2 heterocycles. The highest BCUT2D eigenvalue weighted by molar-refractivity contribution is 4.89. The molecule has 6 nitrogen and oxygen atoms in total. The van der Waals surface area contributed by atoms with E-state index < -0.39 is 0 Å². The number of aliphatic hydroxyl groups is 1. The molecule has 1 aromatic rings. The highest BCUT2D eigenvalue weighted by atomic mass is 16.5. The Bertz CT molecular complexity index is 302. The SMILES string of the molecule is OCCOCCN1CCn2cnnc2C1. The third-order valence-corrected chi connectivity index (χ3v) is 2.51. The van der Waals surface area contributed by atoms with Crippen molar-refractivity contribution in [3.63, 3.8) is 0 Å². The molecule has 0 unspecified atom stereocenters. The summed E-state index contributed by atoms with van der Waals surface area (Å²) in [5.41, 5.74) is 0. The zero-order valence-electron chi connectivity index (χ0n) is 8.67. The van der Waals surface area contributed by atoms with E-state index in [2.05, 4.69) is 19.7 Å². The highest BCUT2D eigenvalue weighted by Crippen LogP contribution is 2.07. The first kappa shape index (κ1) is 10.5. The van der Waals surface area contributed by atoms with E-state index in [9.17, 15) is 0 Å². The molecule has 0 radical (unpaired) electrons. The predicted molar refractivity (Wildman–Crippen MR) is 53.2 cm³/mol. The lowest BCUT2D eigenvalue weighted by atomic mass is 10.3. The van der Waals surface area contributed by atoms with Gasteiger partial charge >= 0.3 is 0 Å². The van der Waals surface area contributed by atoms with Gasteiger partial charge in [0.25, 0.3) is 0 Å². The molecule has 1 N–H and O–H groups in total. The molecule has 84 valence electrons. The summed E-state index contributed by atoms with van der Waals surface area (Å²) in [4.78, 5) is 2.28. The fourth-order valence-corrected chi connectivity index (χ4v) is 1.67. The van der Waals surface area contributed by atoms with Crippen LogP contribution in [0.1, 0.15) is 5.82 Å². The molecule has 0 bridgehead atoms. The number of hydrogen-bond donors (Lipinski definition) is 1. The first-order valence-corrected chi connectivity index (χ1v) is 5.18. The number of ether oxygens (including phenoxy) is 1. The molecule has 0 spiro atoms. The van der Waals surface area contributed by atoms with Crippen molar-refractivity contribution in [2.75, 3.05) is 32.9 Å². The molecule has 0 fully saturated rings. The lowest BCUT2D eigenvalue weighted by Crippen LogP contribution is -2.36. The summed E-state index contributed by atoms with van der Waals surface area (Å²) >= 11 is 0. The third-order valence-electron chi connectivity index (χ3n) is 2.51. The summed E-state index contributed by atoms with van der Waals surface area (Å²) in [5, 5.41) is 16.5. The van der Waals surface area contributed by atoms with Gasteiger partial charge in [-0.15, -0.1) is 10.2 Å². The summed E-state index contributed by atoms with van der Waals surface area (Å²) in [5.74, 6) is 1.02. The van der Waals surface area contributed by atoms with Gasteiger partial charge in [-0.05, 0) is 0 Å². The van der Waals surface area contributed by atoms with E-state index in [1.165, 1.54) is 0 Å². The fraction of sp³-hybridized carbons (Fsp3) is 0.778. The lowest BCUT2D eigenvalue weighted by Gasteiger charge is -2.26. The molecule has 15 heavy (non-hydrogen) atoms. The number of fused-ring (bicyclic) bond motifs is 1. The Morgan fingerprint density at radius 3 is 3.20 bits per heavy atom. The van der Waals surface area contributed by atoms with Gasteiger partial charge in [0.05, 0.1) is 26.4 Å². The predicted octanol–water partition coefficient (Wildman–Crippen LogP) is -0.897. The van der Waals surface area contributed by atoms with Crippen LogP contribution >= 0.6 is 0 Å². The van der Waals surface area contributed by atoms with Crippen molar-refractivity contribution in [3.05, 3.63) is 12.2 Å². The molecule has 0 amide bonds. The maximum atomic E-state index is 8.55. The van der Waals surface area contributed by atoms with E-state index in [1.54, 1.807) is 6.33 Å². The van der Waals surface area contributed by atoms with Gasteiger partial charge in [-0.2, -0.15) is 0 Å². The van der Waals surface area contributed by atoms with Crippen LogP contribution < -0.4 is 0 Å². The van der Waals surface area contributed by atoms with Crippen LogP contribution in [0.4, 0.5) is 0 Å². The van der Waals surface area contributed by atoms with Crippen LogP contribution in [0.2, 0.25) is 0 Å². The minimum atomic E-state index is 0.0916. The molecule has 0 saturated carbocycles. The lowest BCUT2D eigenvalue weighted by molar-refractivity contribution is 0.0673. The summed E-state index contributed by atoms with van der Waals surface area (Å²) in [7, 11) is 0. The van der Waals surface area contributed by atoms with Crippen LogP contribution in [0, 0.1) is 0 Å². The minimum Gasteiger partial charge on any atom is -0.394 e. The van der Waals surface area contributed by atoms with Gasteiger partial charge < -0.3 is 14.4 Å². The smallest absolute Gasteiger partial charge is 0.147 e. The maximum absolute atomic E-state index is 8.55. The average molecular weight is 212 g/mol. The van der Waals surface area contributed by atoms with Crippen molar-refractivity contribution in [1.82, 2.24) is 19.7 Å². The van der Waals surface area contributed by atoms with E-state index in [4.69, 9.17) is 9.84 Å². The van der Waals surface area contributed by atoms with Crippen molar-refractivity contribution >= 4 is 0 Å². The zero-order valence-corrected chi connectivity index (χ0v) is 8.67. The summed E-state index contributed by atoms with van der Waals surface area (Å²) in [6.45, 7) is 4.85. The quantitative estimate of drug-likeness (QED) is 0.641. The molecule has 0 aliphatic carbocycles. The van der Waals surface area contributed by atoms with Crippen molar-refractivity contribution < 1.29 is 9.84 Å². The van der Waals surface area contributed by atoms with Gasteiger partial charge in [0.15, 0.2) is 0 Å². The fourth-order valence-electron chi connectivity index (χ4n) is 1.67. The van der Waals surface area contributed by atoms with Crippen LogP contribution in [-0.2, 0) is 17.8 Å². The number of hydrogen-bond acceptors (Lipinski definition) is 5. The van der Waals surface area contributed by atoms with Crippen molar-refractivity contribution in [1.29, 1.82) is 0 Å². The Balaban J connectivity index is 1.73. The van der Waals surface area contributed by atoms with Gasteiger partial charge in [0.1, 0.15) is 12.2 Å². The highest BCUT2D eigenvalue weighted by Gasteiger charge is 2.16. The minimum absolute atomic E-state index is 0.0916. The monoisotopic (exact) mass is 212 g/mol. The molecule has 0 aromatic carbocycles. The molecule has 1 aliphatic rings. The first-order chi connectivity index (χ1) is 7.40. The van der Waals surface area contributed by atoms with Gasteiger partial charge in [0, 0.05) is 19.6 Å². The number of rotatable bonds is 5. The third kappa shape index (κ3) is 2.74. The molecule has 0 saturated heterocycles. The standard InChI is InChI=1S/C9H16N4O2/c14-4-6-15-5-3-12-1-2-13-8-10-11-9(13)7-12/h8,14H,1-7H2. The second-order valence-electron chi connectivity index (χ2n) is 3.55. The number of nitrogens with zero attached hydrogens (tertiary/aromatic N) is 4. The Morgan fingerprint density at radius 1 is 1.40 bits per heavy atom. The second kappa shape index (κ2) is 5.20. The van der Waals surface area contributed by atoms with Gasteiger partial charge in [-0.25, -0.2) is 0 Å². The van der Waals surface area contributed by atoms with Crippen molar-refractivity contribution in [2.45, 2.75) is 13.1 Å². The molecular weight excluding hydrogens is 196 g/mol. The Morgan fingerprint density at radius 2 is 2.33 bits per heavy atom. The topological polar surface area (TPSA) is 63.4 Å². The molecule has 1 aliphatic heterocycles. The van der Waals surface area contributed by atoms with Crippen molar-refractivity contribution in [2.24, 2.45) is 0 Å².